The molecular formula is C12H20N4S. The van der Waals surface area contributed by atoms with Gasteiger partial charge in [0.05, 0.1) is 17.6 Å². The minimum atomic E-state index is 0.333. The third kappa shape index (κ3) is 3.19. The van der Waals surface area contributed by atoms with Crippen LogP contribution in [0.4, 0.5) is 0 Å². The summed E-state index contributed by atoms with van der Waals surface area (Å²) in [5.41, 5.74) is 3.20. The second-order valence-corrected chi connectivity index (χ2v) is 4.90. The standard InChI is InChI=1S/C12H20N4S/c1-8(2)16-11(9(3)7-14-16)10(4)15-12(13-5)17-6/h7-8H,1-6H3. The van der Waals surface area contributed by atoms with E-state index in [0.29, 0.717) is 6.04 Å². The maximum atomic E-state index is 4.53. The first kappa shape index (κ1) is 14.0. The zero-order chi connectivity index (χ0) is 13.0. The summed E-state index contributed by atoms with van der Waals surface area (Å²) >= 11 is 1.55. The van der Waals surface area contributed by atoms with Crippen molar-refractivity contribution in [3.63, 3.8) is 0 Å². The summed E-state index contributed by atoms with van der Waals surface area (Å²) in [7, 11) is 1.76. The first-order valence-electron chi connectivity index (χ1n) is 5.61. The molecule has 1 heterocycles. The Hall–Kier alpha value is -1.10. The summed E-state index contributed by atoms with van der Waals surface area (Å²) in [6.07, 6.45) is 3.86. The Morgan fingerprint density at radius 2 is 2.12 bits per heavy atom. The van der Waals surface area contributed by atoms with E-state index in [2.05, 4.69) is 35.9 Å². The van der Waals surface area contributed by atoms with Gasteiger partial charge in [0.1, 0.15) is 0 Å². The number of aliphatic imine (C=N–C) groups is 2. The zero-order valence-electron chi connectivity index (χ0n) is 11.4. The van der Waals surface area contributed by atoms with Gasteiger partial charge in [-0.3, -0.25) is 9.67 Å². The minimum Gasteiger partial charge on any atom is -0.264 e. The lowest BCUT2D eigenvalue weighted by atomic mass is 10.2. The summed E-state index contributed by atoms with van der Waals surface area (Å²) in [6.45, 7) is 8.30. The van der Waals surface area contributed by atoms with Crippen LogP contribution in [0.15, 0.2) is 16.2 Å². The lowest BCUT2D eigenvalue weighted by Crippen LogP contribution is -2.13. The van der Waals surface area contributed by atoms with E-state index in [1.54, 1.807) is 18.8 Å². The molecule has 0 aliphatic heterocycles. The highest BCUT2D eigenvalue weighted by molar-refractivity contribution is 8.13. The molecule has 0 saturated carbocycles. The first-order valence-corrected chi connectivity index (χ1v) is 6.84. The number of aromatic nitrogens is 2. The summed E-state index contributed by atoms with van der Waals surface area (Å²) in [4.78, 5) is 8.65. The van der Waals surface area contributed by atoms with Crippen LogP contribution in [-0.2, 0) is 0 Å². The molecule has 0 atom stereocenters. The first-order chi connectivity index (χ1) is 8.01. The molecule has 0 aliphatic rings. The van der Waals surface area contributed by atoms with Crippen LogP contribution in [0.1, 0.15) is 38.1 Å². The Labute approximate surface area is 107 Å². The van der Waals surface area contributed by atoms with Gasteiger partial charge in [-0.1, -0.05) is 11.8 Å². The van der Waals surface area contributed by atoms with Gasteiger partial charge in [0.25, 0.3) is 0 Å². The highest BCUT2D eigenvalue weighted by Gasteiger charge is 2.13. The molecule has 1 rings (SSSR count). The van der Waals surface area contributed by atoms with Crippen LogP contribution >= 0.6 is 11.8 Å². The summed E-state index contributed by atoms with van der Waals surface area (Å²) in [5.74, 6) is 0. The average molecular weight is 252 g/mol. The fourth-order valence-corrected chi connectivity index (χ4v) is 2.09. The molecule has 0 bridgehead atoms. The average Bonchev–Trinajstić information content (AvgIpc) is 2.67. The molecule has 1 aromatic rings. The van der Waals surface area contributed by atoms with E-state index in [0.717, 1.165) is 22.1 Å². The van der Waals surface area contributed by atoms with Crippen molar-refractivity contribution in [3.8, 4) is 0 Å². The van der Waals surface area contributed by atoms with Crippen LogP contribution in [0.5, 0.6) is 0 Å². The summed E-state index contributed by atoms with van der Waals surface area (Å²) < 4.78 is 2.00. The van der Waals surface area contributed by atoms with Gasteiger partial charge in [-0.25, -0.2) is 4.99 Å². The van der Waals surface area contributed by atoms with E-state index in [1.807, 2.05) is 24.1 Å². The number of amidine groups is 1. The molecule has 0 unspecified atom stereocenters. The summed E-state index contributed by atoms with van der Waals surface area (Å²) in [5, 5.41) is 5.17. The molecule has 0 amide bonds. The van der Waals surface area contributed by atoms with Gasteiger partial charge >= 0.3 is 0 Å². The Kier molecular flexibility index (Phi) is 4.93. The second-order valence-electron chi connectivity index (χ2n) is 4.12. The van der Waals surface area contributed by atoms with Crippen molar-refractivity contribution >= 4 is 22.6 Å². The van der Waals surface area contributed by atoms with Gasteiger partial charge in [-0.05, 0) is 39.5 Å². The Bertz CT molecular complexity index is 443. The molecule has 0 aliphatic carbocycles. The van der Waals surface area contributed by atoms with Gasteiger partial charge in [0.2, 0.25) is 0 Å². The van der Waals surface area contributed by atoms with Crippen LogP contribution < -0.4 is 0 Å². The highest BCUT2D eigenvalue weighted by Crippen LogP contribution is 2.15. The highest BCUT2D eigenvalue weighted by atomic mass is 32.2. The molecule has 94 valence electrons. The van der Waals surface area contributed by atoms with Crippen molar-refractivity contribution in [2.45, 2.75) is 33.7 Å². The van der Waals surface area contributed by atoms with Crippen molar-refractivity contribution in [2.24, 2.45) is 9.98 Å². The summed E-state index contributed by atoms with van der Waals surface area (Å²) in [6, 6.07) is 0.333. The molecule has 0 N–H and O–H groups in total. The van der Waals surface area contributed by atoms with Crippen molar-refractivity contribution in [1.82, 2.24) is 9.78 Å². The fourth-order valence-electron chi connectivity index (χ4n) is 1.67. The lowest BCUT2D eigenvalue weighted by molar-refractivity contribution is 0.528. The largest absolute Gasteiger partial charge is 0.264 e. The number of rotatable bonds is 2. The number of aryl methyl sites for hydroxylation is 1. The van der Waals surface area contributed by atoms with Crippen LogP contribution in [0.25, 0.3) is 0 Å². The van der Waals surface area contributed by atoms with Crippen LogP contribution in [-0.4, -0.2) is 34.0 Å². The quantitative estimate of drug-likeness (QED) is 0.600. The van der Waals surface area contributed by atoms with E-state index in [9.17, 15) is 0 Å². The Morgan fingerprint density at radius 1 is 1.47 bits per heavy atom. The molecule has 5 heteroatoms. The molecule has 0 spiro atoms. The van der Waals surface area contributed by atoms with E-state index >= 15 is 0 Å². The molecular weight excluding hydrogens is 232 g/mol. The Balaban J connectivity index is 3.20. The van der Waals surface area contributed by atoms with E-state index in [4.69, 9.17) is 0 Å². The van der Waals surface area contributed by atoms with Crippen molar-refractivity contribution < 1.29 is 0 Å². The van der Waals surface area contributed by atoms with Crippen molar-refractivity contribution in [1.29, 1.82) is 0 Å². The molecule has 0 radical (unpaired) electrons. The van der Waals surface area contributed by atoms with Crippen LogP contribution in [0.3, 0.4) is 0 Å². The number of nitrogens with zero attached hydrogens (tertiary/aromatic N) is 4. The predicted molar refractivity (Wildman–Crippen MR) is 76.4 cm³/mol. The van der Waals surface area contributed by atoms with Crippen LogP contribution in [0.2, 0.25) is 0 Å². The predicted octanol–water partition coefficient (Wildman–Crippen LogP) is 2.93. The normalized spacial score (nSPS) is 13.6. The lowest BCUT2D eigenvalue weighted by Gasteiger charge is -2.11. The number of hydrogen-bond donors (Lipinski definition) is 0. The topological polar surface area (TPSA) is 42.5 Å². The zero-order valence-corrected chi connectivity index (χ0v) is 12.2. The number of hydrogen-bond acceptors (Lipinski definition) is 3. The van der Waals surface area contributed by atoms with Crippen molar-refractivity contribution in [3.05, 3.63) is 17.5 Å². The SMILES string of the molecule is CN=C(N=C(C)c1c(C)cnn1C(C)C)SC. The van der Waals surface area contributed by atoms with Gasteiger partial charge in [0.15, 0.2) is 5.17 Å². The second kappa shape index (κ2) is 6.00. The molecule has 0 fully saturated rings. The third-order valence-electron chi connectivity index (χ3n) is 2.45. The maximum Gasteiger partial charge on any atom is 0.182 e. The van der Waals surface area contributed by atoms with E-state index < -0.39 is 0 Å². The third-order valence-corrected chi connectivity index (χ3v) is 3.09. The molecule has 0 aromatic carbocycles. The van der Waals surface area contributed by atoms with Gasteiger partial charge in [-0.2, -0.15) is 5.10 Å². The van der Waals surface area contributed by atoms with E-state index in [-0.39, 0.29) is 0 Å². The smallest absolute Gasteiger partial charge is 0.182 e. The number of thioether (sulfide) groups is 1. The fraction of sp³-hybridized carbons (Fsp3) is 0.583. The molecule has 17 heavy (non-hydrogen) atoms. The van der Waals surface area contributed by atoms with Crippen LogP contribution in [0, 0.1) is 6.92 Å². The minimum absolute atomic E-state index is 0.333. The van der Waals surface area contributed by atoms with E-state index in [1.165, 1.54) is 0 Å². The van der Waals surface area contributed by atoms with Gasteiger partial charge in [-0.15, -0.1) is 0 Å². The van der Waals surface area contributed by atoms with Gasteiger partial charge in [0, 0.05) is 13.1 Å². The molecule has 4 nitrogen and oxygen atoms in total. The molecule has 0 saturated heterocycles. The van der Waals surface area contributed by atoms with Gasteiger partial charge < -0.3 is 0 Å². The van der Waals surface area contributed by atoms with Crippen molar-refractivity contribution in [2.75, 3.05) is 13.3 Å². The Morgan fingerprint density at radius 3 is 2.59 bits per heavy atom. The monoisotopic (exact) mass is 252 g/mol. The molecule has 1 aromatic heterocycles. The maximum absolute atomic E-state index is 4.53.